The lowest BCUT2D eigenvalue weighted by molar-refractivity contribution is 0.347. The van der Waals surface area contributed by atoms with Crippen molar-refractivity contribution >= 4 is 5.69 Å². The minimum Gasteiger partial charge on any atom is -0.489 e. The number of rotatable bonds is 4. The van der Waals surface area contributed by atoms with E-state index >= 15 is 0 Å². The molecule has 0 spiro atoms. The molecule has 14 heavy (non-hydrogen) atoms. The van der Waals surface area contributed by atoms with Crippen molar-refractivity contribution in [3.8, 4) is 5.75 Å². The molecule has 2 nitrogen and oxygen atoms in total. The van der Waals surface area contributed by atoms with E-state index in [1.54, 1.807) is 0 Å². The number of hydrogen-bond donors (Lipinski definition) is 1. The summed E-state index contributed by atoms with van der Waals surface area (Å²) >= 11 is 0. The van der Waals surface area contributed by atoms with Crippen LogP contribution in [0.1, 0.15) is 18.9 Å². The van der Waals surface area contributed by atoms with E-state index in [2.05, 4.69) is 13.5 Å². The SMILES string of the molecule is C=C(CC)COc1ccc(N)cc1C. The number of nitrogen functional groups attached to an aromatic ring is 1. The smallest absolute Gasteiger partial charge is 0.122 e. The minimum atomic E-state index is 0.585. The van der Waals surface area contributed by atoms with Crippen molar-refractivity contribution < 1.29 is 4.74 Å². The van der Waals surface area contributed by atoms with Gasteiger partial charge in [0.15, 0.2) is 0 Å². The monoisotopic (exact) mass is 191 g/mol. The molecule has 0 radical (unpaired) electrons. The van der Waals surface area contributed by atoms with Crippen molar-refractivity contribution in [2.45, 2.75) is 20.3 Å². The zero-order valence-electron chi connectivity index (χ0n) is 8.84. The Bertz CT molecular complexity index is 331. The van der Waals surface area contributed by atoms with E-state index < -0.39 is 0 Å². The van der Waals surface area contributed by atoms with Crippen LogP contribution in [0.5, 0.6) is 5.75 Å². The first-order valence-electron chi connectivity index (χ1n) is 4.79. The van der Waals surface area contributed by atoms with Gasteiger partial charge < -0.3 is 10.5 Å². The van der Waals surface area contributed by atoms with E-state index in [1.807, 2.05) is 25.1 Å². The summed E-state index contributed by atoms with van der Waals surface area (Å²) in [6, 6.07) is 5.65. The van der Waals surface area contributed by atoms with Crippen LogP contribution in [0.25, 0.3) is 0 Å². The average Bonchev–Trinajstić information content (AvgIpc) is 2.16. The van der Waals surface area contributed by atoms with Gasteiger partial charge in [-0.15, -0.1) is 0 Å². The Labute approximate surface area is 85.4 Å². The summed E-state index contributed by atoms with van der Waals surface area (Å²) < 4.78 is 5.59. The average molecular weight is 191 g/mol. The maximum absolute atomic E-state index is 5.64. The highest BCUT2D eigenvalue weighted by Gasteiger charge is 1.99. The summed E-state index contributed by atoms with van der Waals surface area (Å²) in [6.45, 7) is 8.53. The zero-order chi connectivity index (χ0) is 10.6. The molecule has 2 N–H and O–H groups in total. The Balaban J connectivity index is 2.63. The van der Waals surface area contributed by atoms with E-state index in [-0.39, 0.29) is 0 Å². The zero-order valence-corrected chi connectivity index (χ0v) is 8.84. The second-order valence-electron chi connectivity index (χ2n) is 3.42. The molecule has 0 heterocycles. The third-order valence-corrected chi connectivity index (χ3v) is 2.13. The molecule has 0 aliphatic rings. The topological polar surface area (TPSA) is 35.2 Å². The summed E-state index contributed by atoms with van der Waals surface area (Å²) in [7, 11) is 0. The molecule has 0 fully saturated rings. The van der Waals surface area contributed by atoms with Crippen LogP contribution in [0, 0.1) is 6.92 Å². The van der Waals surface area contributed by atoms with Gasteiger partial charge in [-0.2, -0.15) is 0 Å². The molecule has 0 aliphatic heterocycles. The Hall–Kier alpha value is -1.44. The van der Waals surface area contributed by atoms with Crippen molar-refractivity contribution in [1.29, 1.82) is 0 Å². The molecular weight excluding hydrogens is 174 g/mol. The van der Waals surface area contributed by atoms with Crippen LogP contribution in [-0.2, 0) is 0 Å². The van der Waals surface area contributed by atoms with Gasteiger partial charge in [-0.05, 0) is 42.7 Å². The van der Waals surface area contributed by atoms with E-state index in [0.29, 0.717) is 6.61 Å². The van der Waals surface area contributed by atoms with Gasteiger partial charge in [0.2, 0.25) is 0 Å². The number of anilines is 1. The van der Waals surface area contributed by atoms with Crippen LogP contribution >= 0.6 is 0 Å². The lowest BCUT2D eigenvalue weighted by Gasteiger charge is -2.10. The van der Waals surface area contributed by atoms with E-state index in [0.717, 1.165) is 29.0 Å². The van der Waals surface area contributed by atoms with Crippen LogP contribution < -0.4 is 10.5 Å². The quantitative estimate of drug-likeness (QED) is 0.586. The molecule has 76 valence electrons. The van der Waals surface area contributed by atoms with E-state index in [4.69, 9.17) is 10.5 Å². The molecule has 0 aromatic heterocycles. The van der Waals surface area contributed by atoms with Gasteiger partial charge in [-0.1, -0.05) is 13.5 Å². The molecule has 1 rings (SSSR count). The van der Waals surface area contributed by atoms with Gasteiger partial charge in [0.1, 0.15) is 12.4 Å². The van der Waals surface area contributed by atoms with Gasteiger partial charge in [-0.3, -0.25) is 0 Å². The fourth-order valence-corrected chi connectivity index (χ4v) is 1.12. The van der Waals surface area contributed by atoms with Gasteiger partial charge in [0.05, 0.1) is 0 Å². The molecule has 0 unspecified atom stereocenters. The summed E-state index contributed by atoms with van der Waals surface area (Å²) in [5.41, 5.74) is 8.57. The van der Waals surface area contributed by atoms with E-state index in [1.165, 1.54) is 0 Å². The van der Waals surface area contributed by atoms with E-state index in [9.17, 15) is 0 Å². The normalized spacial score (nSPS) is 9.86. The van der Waals surface area contributed by atoms with Crippen LogP contribution in [0.2, 0.25) is 0 Å². The fourth-order valence-electron chi connectivity index (χ4n) is 1.12. The maximum atomic E-state index is 5.64. The second kappa shape index (κ2) is 4.70. The predicted molar refractivity (Wildman–Crippen MR) is 60.5 cm³/mol. The lowest BCUT2D eigenvalue weighted by Crippen LogP contribution is -2.01. The third kappa shape index (κ3) is 2.80. The maximum Gasteiger partial charge on any atom is 0.122 e. The standard InChI is InChI=1S/C12H17NO/c1-4-9(2)8-14-12-6-5-11(13)7-10(12)3/h5-7H,2,4,8,13H2,1,3H3. The predicted octanol–water partition coefficient (Wildman–Crippen LogP) is 2.92. The molecule has 0 aliphatic carbocycles. The number of aryl methyl sites for hydroxylation is 1. The number of nitrogens with two attached hydrogens (primary N) is 1. The molecule has 0 saturated carbocycles. The largest absolute Gasteiger partial charge is 0.489 e. The Morgan fingerprint density at radius 3 is 2.79 bits per heavy atom. The van der Waals surface area contributed by atoms with Crippen molar-refractivity contribution in [1.82, 2.24) is 0 Å². The Morgan fingerprint density at radius 2 is 2.21 bits per heavy atom. The van der Waals surface area contributed by atoms with Crippen molar-refractivity contribution in [2.75, 3.05) is 12.3 Å². The molecular formula is C12H17NO. The number of hydrogen-bond acceptors (Lipinski definition) is 2. The number of ether oxygens (including phenoxy) is 1. The molecule has 2 heteroatoms. The van der Waals surface area contributed by atoms with Gasteiger partial charge in [0.25, 0.3) is 0 Å². The highest BCUT2D eigenvalue weighted by Crippen LogP contribution is 2.20. The Kier molecular flexibility index (Phi) is 3.57. The molecule has 0 atom stereocenters. The molecule has 0 saturated heterocycles. The summed E-state index contributed by atoms with van der Waals surface area (Å²) in [6.07, 6.45) is 0.952. The third-order valence-electron chi connectivity index (χ3n) is 2.13. The lowest BCUT2D eigenvalue weighted by atomic mass is 10.2. The Morgan fingerprint density at radius 1 is 1.50 bits per heavy atom. The van der Waals surface area contributed by atoms with Crippen molar-refractivity contribution in [2.24, 2.45) is 0 Å². The van der Waals surface area contributed by atoms with Gasteiger partial charge in [0, 0.05) is 5.69 Å². The highest BCUT2D eigenvalue weighted by molar-refractivity contribution is 5.47. The van der Waals surface area contributed by atoms with Crippen LogP contribution in [0.15, 0.2) is 30.4 Å². The molecule has 1 aromatic carbocycles. The first-order chi connectivity index (χ1) is 6.63. The summed E-state index contributed by atoms with van der Waals surface area (Å²) in [5.74, 6) is 0.883. The first-order valence-corrected chi connectivity index (χ1v) is 4.79. The highest BCUT2D eigenvalue weighted by atomic mass is 16.5. The molecule has 0 bridgehead atoms. The van der Waals surface area contributed by atoms with Crippen LogP contribution in [-0.4, -0.2) is 6.61 Å². The minimum absolute atomic E-state index is 0.585. The fraction of sp³-hybridized carbons (Fsp3) is 0.333. The molecule has 1 aromatic rings. The summed E-state index contributed by atoms with van der Waals surface area (Å²) in [4.78, 5) is 0. The van der Waals surface area contributed by atoms with Gasteiger partial charge >= 0.3 is 0 Å². The van der Waals surface area contributed by atoms with Crippen LogP contribution in [0.4, 0.5) is 5.69 Å². The van der Waals surface area contributed by atoms with Crippen molar-refractivity contribution in [3.05, 3.63) is 35.9 Å². The summed E-state index contributed by atoms with van der Waals surface area (Å²) in [5, 5.41) is 0. The van der Waals surface area contributed by atoms with Crippen molar-refractivity contribution in [3.63, 3.8) is 0 Å². The first kappa shape index (κ1) is 10.6. The van der Waals surface area contributed by atoms with Crippen LogP contribution in [0.3, 0.4) is 0 Å². The van der Waals surface area contributed by atoms with Gasteiger partial charge in [-0.25, -0.2) is 0 Å². The number of benzene rings is 1. The second-order valence-corrected chi connectivity index (χ2v) is 3.42. The molecule has 0 amide bonds.